The second-order valence-electron chi connectivity index (χ2n) is 10.6. The SMILES string of the molecule is C1=Cc2cc3ccc(cc4nc(cc5ccc(cc1n2)[nH]5)C=C4)[nH]3.c1ccc2c(c1)Cc1ccccc1-2.c1ccccc1. The third kappa shape index (κ3) is 6.29. The fraction of sp³-hybridized carbons (Fsp3) is 0.0256. The second-order valence-corrected chi connectivity index (χ2v) is 10.6. The van der Waals surface area contributed by atoms with E-state index in [-0.39, 0.29) is 0 Å². The number of benzene rings is 3. The number of fused-ring (bicyclic) bond motifs is 11. The molecule has 4 nitrogen and oxygen atoms in total. The Labute approximate surface area is 250 Å². The minimum absolute atomic E-state index is 0.939. The molecule has 9 rings (SSSR count). The van der Waals surface area contributed by atoms with Gasteiger partial charge in [0.2, 0.25) is 0 Å². The van der Waals surface area contributed by atoms with Gasteiger partial charge in [-0.25, -0.2) is 9.97 Å². The van der Waals surface area contributed by atoms with Gasteiger partial charge in [-0.05, 0) is 102 Å². The van der Waals surface area contributed by atoms with Gasteiger partial charge in [-0.15, -0.1) is 0 Å². The molecular weight excluding hydrogens is 524 g/mol. The monoisotopic (exact) mass is 554 g/mol. The first-order valence-corrected chi connectivity index (χ1v) is 14.5. The summed E-state index contributed by atoms with van der Waals surface area (Å²) < 4.78 is 0. The molecule has 0 radical (unpaired) electrons. The summed E-state index contributed by atoms with van der Waals surface area (Å²) in [7, 11) is 0. The van der Waals surface area contributed by atoms with Gasteiger partial charge in [0.15, 0.2) is 0 Å². The van der Waals surface area contributed by atoms with Gasteiger partial charge < -0.3 is 9.97 Å². The van der Waals surface area contributed by atoms with E-state index in [2.05, 4.69) is 92.7 Å². The van der Waals surface area contributed by atoms with Gasteiger partial charge in [0.1, 0.15) is 0 Å². The molecule has 0 amide bonds. The lowest BCUT2D eigenvalue weighted by Gasteiger charge is -1.98. The number of hydrogen-bond donors (Lipinski definition) is 2. The first kappa shape index (κ1) is 26.2. The Kier molecular flexibility index (Phi) is 7.31. The Morgan fingerprint density at radius 1 is 0.372 bits per heavy atom. The number of H-pyrrole nitrogens is 2. The third-order valence-electron chi connectivity index (χ3n) is 7.41. The molecule has 3 aromatic heterocycles. The minimum atomic E-state index is 0.939. The second kappa shape index (κ2) is 12.0. The molecule has 4 heteroatoms. The van der Waals surface area contributed by atoms with Crippen LogP contribution in [0.4, 0.5) is 0 Å². The molecular formula is C39H30N4. The number of nitrogens with zero attached hydrogens (tertiary/aromatic N) is 2. The van der Waals surface area contributed by atoms with Crippen molar-refractivity contribution in [2.75, 3.05) is 0 Å². The molecule has 0 atom stereocenters. The van der Waals surface area contributed by atoms with Crippen LogP contribution in [0.5, 0.6) is 0 Å². The molecule has 43 heavy (non-hydrogen) atoms. The summed E-state index contributed by atoms with van der Waals surface area (Å²) in [5.74, 6) is 0. The summed E-state index contributed by atoms with van der Waals surface area (Å²) >= 11 is 0. The fourth-order valence-corrected chi connectivity index (χ4v) is 5.41. The van der Waals surface area contributed by atoms with E-state index in [0.717, 1.165) is 51.3 Å². The number of aromatic amines is 2. The van der Waals surface area contributed by atoms with E-state index in [4.69, 9.17) is 0 Å². The van der Waals surface area contributed by atoms with Gasteiger partial charge in [-0.2, -0.15) is 0 Å². The van der Waals surface area contributed by atoms with Crippen molar-refractivity contribution >= 4 is 46.4 Å². The molecule has 6 aromatic rings. The zero-order valence-electron chi connectivity index (χ0n) is 23.6. The van der Waals surface area contributed by atoms with Crippen LogP contribution in [-0.2, 0) is 6.42 Å². The normalized spacial score (nSPS) is 11.9. The summed E-state index contributed by atoms with van der Waals surface area (Å²) in [4.78, 5) is 16.0. The van der Waals surface area contributed by atoms with Crippen molar-refractivity contribution in [3.8, 4) is 11.1 Å². The molecule has 206 valence electrons. The molecule has 5 heterocycles. The van der Waals surface area contributed by atoms with Gasteiger partial charge in [0.05, 0.1) is 22.8 Å². The van der Waals surface area contributed by atoms with Gasteiger partial charge in [-0.3, -0.25) is 0 Å². The van der Waals surface area contributed by atoms with E-state index in [1.165, 1.54) is 22.3 Å². The number of hydrogen-bond acceptors (Lipinski definition) is 2. The summed E-state index contributed by atoms with van der Waals surface area (Å²) in [5.41, 5.74) is 13.6. The van der Waals surface area contributed by atoms with Crippen LogP contribution in [0.1, 0.15) is 33.9 Å². The number of rotatable bonds is 0. The van der Waals surface area contributed by atoms with Crippen molar-refractivity contribution in [1.29, 1.82) is 0 Å². The lowest BCUT2D eigenvalue weighted by atomic mass is 10.1. The average Bonchev–Trinajstić information content (AvgIpc) is 3.88. The number of nitrogens with one attached hydrogen (secondary N) is 2. The summed E-state index contributed by atoms with van der Waals surface area (Å²) in [6.07, 6.45) is 9.19. The van der Waals surface area contributed by atoms with Crippen LogP contribution in [0.15, 0.2) is 133 Å². The third-order valence-corrected chi connectivity index (χ3v) is 7.41. The number of aromatic nitrogens is 4. The van der Waals surface area contributed by atoms with Gasteiger partial charge in [-0.1, -0.05) is 84.9 Å². The van der Waals surface area contributed by atoms with Crippen LogP contribution >= 0.6 is 0 Å². The molecule has 3 aliphatic rings. The topological polar surface area (TPSA) is 57.4 Å². The molecule has 0 unspecified atom stereocenters. The highest BCUT2D eigenvalue weighted by Gasteiger charge is 2.15. The lowest BCUT2D eigenvalue weighted by molar-refractivity contribution is 1.26. The average molecular weight is 555 g/mol. The fourth-order valence-electron chi connectivity index (χ4n) is 5.41. The van der Waals surface area contributed by atoms with Crippen molar-refractivity contribution in [3.05, 3.63) is 167 Å². The van der Waals surface area contributed by atoms with E-state index in [1.807, 2.05) is 85.0 Å². The molecule has 2 N–H and O–H groups in total. The van der Waals surface area contributed by atoms with Gasteiger partial charge in [0.25, 0.3) is 0 Å². The van der Waals surface area contributed by atoms with Crippen LogP contribution in [-0.4, -0.2) is 19.9 Å². The van der Waals surface area contributed by atoms with Crippen LogP contribution < -0.4 is 0 Å². The van der Waals surface area contributed by atoms with Crippen molar-refractivity contribution in [2.45, 2.75) is 6.42 Å². The maximum absolute atomic E-state index is 4.63. The predicted molar refractivity (Wildman–Crippen MR) is 180 cm³/mol. The molecule has 0 saturated carbocycles. The first-order chi connectivity index (χ1) is 21.2. The molecule has 3 aromatic carbocycles. The highest BCUT2D eigenvalue weighted by atomic mass is 14.8. The van der Waals surface area contributed by atoms with Crippen molar-refractivity contribution in [1.82, 2.24) is 19.9 Å². The molecule has 0 saturated heterocycles. The minimum Gasteiger partial charge on any atom is -0.355 e. The maximum atomic E-state index is 4.63. The van der Waals surface area contributed by atoms with E-state index in [9.17, 15) is 0 Å². The largest absolute Gasteiger partial charge is 0.355 e. The highest BCUT2D eigenvalue weighted by molar-refractivity contribution is 5.78. The van der Waals surface area contributed by atoms with E-state index >= 15 is 0 Å². The van der Waals surface area contributed by atoms with Gasteiger partial charge in [0, 0.05) is 22.1 Å². The summed E-state index contributed by atoms with van der Waals surface area (Å²) in [6, 6.07) is 45.7. The quantitative estimate of drug-likeness (QED) is 0.196. The Balaban J connectivity index is 0.000000131. The van der Waals surface area contributed by atoms with Crippen LogP contribution in [0.3, 0.4) is 0 Å². The highest BCUT2D eigenvalue weighted by Crippen LogP contribution is 2.35. The Hall–Kier alpha value is -5.74. The van der Waals surface area contributed by atoms with Crippen molar-refractivity contribution in [2.24, 2.45) is 0 Å². The first-order valence-electron chi connectivity index (χ1n) is 14.5. The van der Waals surface area contributed by atoms with E-state index < -0.39 is 0 Å². The molecule has 2 aliphatic heterocycles. The Bertz CT molecular complexity index is 1870. The van der Waals surface area contributed by atoms with Crippen LogP contribution in [0.2, 0.25) is 0 Å². The maximum Gasteiger partial charge on any atom is 0.0658 e. The van der Waals surface area contributed by atoms with Gasteiger partial charge >= 0.3 is 0 Å². The molecule has 8 bridgehead atoms. The predicted octanol–water partition coefficient (Wildman–Crippen LogP) is 9.60. The standard InChI is InChI=1S/C20H14N4.C13H10.C6H6/c1-2-14-10-16-5-6-18(23-16)12-20-8-7-19(24-20)11-17-4-3-15(22-17)9-13(1)21-14;1-3-7-12-10(5-1)9-11-6-2-4-8-13(11)12;1-2-4-6-5-3-1/h1-12,21,24H;1-8H,9H2;1-6H. The Morgan fingerprint density at radius 3 is 1.05 bits per heavy atom. The van der Waals surface area contributed by atoms with Crippen molar-refractivity contribution < 1.29 is 0 Å². The van der Waals surface area contributed by atoms with E-state index in [0.29, 0.717) is 0 Å². The zero-order chi connectivity index (χ0) is 28.8. The molecule has 0 spiro atoms. The lowest BCUT2D eigenvalue weighted by Crippen LogP contribution is -1.77. The van der Waals surface area contributed by atoms with Crippen LogP contribution in [0.25, 0.3) is 57.5 Å². The Morgan fingerprint density at radius 2 is 0.698 bits per heavy atom. The summed E-state index contributed by atoms with van der Waals surface area (Å²) in [6.45, 7) is 0. The van der Waals surface area contributed by atoms with E-state index in [1.54, 1.807) is 0 Å². The summed E-state index contributed by atoms with van der Waals surface area (Å²) in [5, 5.41) is 0. The van der Waals surface area contributed by atoms with Crippen molar-refractivity contribution in [3.63, 3.8) is 0 Å². The van der Waals surface area contributed by atoms with Crippen LogP contribution in [0, 0.1) is 0 Å². The zero-order valence-corrected chi connectivity index (χ0v) is 23.6. The molecule has 0 fully saturated rings. The smallest absolute Gasteiger partial charge is 0.0658 e. The molecule has 1 aliphatic carbocycles.